The van der Waals surface area contributed by atoms with E-state index in [1.807, 2.05) is 13.8 Å². The molecule has 1 rings (SSSR count). The lowest BCUT2D eigenvalue weighted by Gasteiger charge is -2.07. The van der Waals surface area contributed by atoms with Gasteiger partial charge in [0.25, 0.3) is 0 Å². The number of carboxylic acid groups (broad SMARTS) is 1. The van der Waals surface area contributed by atoms with Crippen LogP contribution in [0, 0.1) is 6.92 Å². The summed E-state index contributed by atoms with van der Waals surface area (Å²) in [6.45, 7) is 5.42. The molecule has 15 heavy (non-hydrogen) atoms. The van der Waals surface area contributed by atoms with Gasteiger partial charge >= 0.3 is 5.97 Å². The molecule has 0 aliphatic rings. The molecule has 0 saturated heterocycles. The van der Waals surface area contributed by atoms with Crippen molar-refractivity contribution in [2.75, 3.05) is 0 Å². The lowest BCUT2D eigenvalue weighted by atomic mass is 10.1. The molecule has 0 bridgehead atoms. The number of hydrogen-bond acceptors (Lipinski definition) is 2. The van der Waals surface area contributed by atoms with E-state index in [2.05, 4.69) is 0 Å². The Hall–Kier alpha value is -1.16. The molecule has 0 saturated carbocycles. The number of aromatic carboxylic acids is 1. The van der Waals surface area contributed by atoms with Crippen molar-refractivity contribution >= 4 is 16.8 Å². The summed E-state index contributed by atoms with van der Waals surface area (Å²) in [5.41, 5.74) is 0.911. The molecule has 1 aromatic rings. The summed E-state index contributed by atoms with van der Waals surface area (Å²) in [5, 5.41) is 8.91. The maximum atomic E-state index is 11.7. The summed E-state index contributed by atoms with van der Waals surface area (Å²) in [6.07, 6.45) is 0. The Bertz CT molecular complexity index is 410. The normalized spacial score (nSPS) is 12.8. The van der Waals surface area contributed by atoms with E-state index in [1.165, 1.54) is 6.07 Å². The van der Waals surface area contributed by atoms with E-state index in [0.29, 0.717) is 10.5 Å². The molecule has 1 atom stereocenters. The van der Waals surface area contributed by atoms with E-state index in [0.717, 1.165) is 0 Å². The fourth-order valence-electron chi connectivity index (χ4n) is 1.23. The number of benzene rings is 1. The molecule has 1 unspecified atom stereocenters. The van der Waals surface area contributed by atoms with Gasteiger partial charge in [0.05, 0.1) is 16.4 Å². The third-order valence-electron chi connectivity index (χ3n) is 2.10. The molecule has 3 nitrogen and oxygen atoms in total. The van der Waals surface area contributed by atoms with Gasteiger partial charge in [-0.1, -0.05) is 19.9 Å². The SMILES string of the molecule is Cc1ccc(S(=O)C(C)C)cc1C(=O)O. The minimum Gasteiger partial charge on any atom is -0.478 e. The summed E-state index contributed by atoms with van der Waals surface area (Å²) >= 11 is 0. The molecule has 0 amide bonds. The molecule has 1 aromatic carbocycles. The van der Waals surface area contributed by atoms with Crippen LogP contribution in [0.5, 0.6) is 0 Å². The monoisotopic (exact) mass is 226 g/mol. The second-order valence-corrected chi connectivity index (χ2v) is 5.64. The van der Waals surface area contributed by atoms with Gasteiger partial charge in [-0.15, -0.1) is 0 Å². The fourth-order valence-corrected chi connectivity index (χ4v) is 2.21. The van der Waals surface area contributed by atoms with Crippen LogP contribution in [0.3, 0.4) is 0 Å². The van der Waals surface area contributed by atoms with Crippen LogP contribution in [0.15, 0.2) is 23.1 Å². The Morgan fingerprint density at radius 2 is 2.00 bits per heavy atom. The summed E-state index contributed by atoms with van der Waals surface area (Å²) in [7, 11) is -1.13. The van der Waals surface area contributed by atoms with Gasteiger partial charge in [-0.25, -0.2) is 4.79 Å². The number of aryl methyl sites for hydroxylation is 1. The number of rotatable bonds is 3. The highest BCUT2D eigenvalue weighted by molar-refractivity contribution is 7.85. The van der Waals surface area contributed by atoms with E-state index in [4.69, 9.17) is 5.11 Å². The topological polar surface area (TPSA) is 54.4 Å². The molecule has 0 aliphatic carbocycles. The lowest BCUT2D eigenvalue weighted by molar-refractivity contribution is 0.0696. The van der Waals surface area contributed by atoms with Gasteiger partial charge in [-0.2, -0.15) is 0 Å². The minimum absolute atomic E-state index is 0.00523. The van der Waals surface area contributed by atoms with Gasteiger partial charge in [0.2, 0.25) is 0 Å². The Labute approximate surface area is 91.6 Å². The molecule has 4 heteroatoms. The second kappa shape index (κ2) is 4.57. The smallest absolute Gasteiger partial charge is 0.335 e. The summed E-state index contributed by atoms with van der Waals surface area (Å²) in [6, 6.07) is 4.91. The molecule has 0 spiro atoms. The standard InChI is InChI=1S/C11H14O3S/c1-7(2)15(14)9-5-4-8(3)10(6-9)11(12)13/h4-7H,1-3H3,(H,12,13). The van der Waals surface area contributed by atoms with Crippen molar-refractivity contribution in [3.8, 4) is 0 Å². The van der Waals surface area contributed by atoms with E-state index in [9.17, 15) is 9.00 Å². The van der Waals surface area contributed by atoms with Crippen LogP contribution < -0.4 is 0 Å². The summed E-state index contributed by atoms with van der Waals surface area (Å²) in [4.78, 5) is 11.4. The quantitative estimate of drug-likeness (QED) is 0.859. The third-order valence-corrected chi connectivity index (χ3v) is 3.67. The molecule has 82 valence electrons. The molecule has 0 heterocycles. The van der Waals surface area contributed by atoms with Gasteiger partial charge in [0.1, 0.15) is 0 Å². The summed E-state index contributed by atoms with van der Waals surface area (Å²) in [5.74, 6) is -0.977. The number of carboxylic acids is 1. The largest absolute Gasteiger partial charge is 0.478 e. The maximum Gasteiger partial charge on any atom is 0.335 e. The van der Waals surface area contributed by atoms with Gasteiger partial charge in [0, 0.05) is 10.1 Å². The van der Waals surface area contributed by atoms with Gasteiger partial charge < -0.3 is 5.11 Å². The molecular weight excluding hydrogens is 212 g/mol. The third kappa shape index (κ3) is 2.65. The predicted octanol–water partition coefficient (Wildman–Crippen LogP) is 2.21. The van der Waals surface area contributed by atoms with Gasteiger partial charge in [-0.3, -0.25) is 4.21 Å². The molecule has 0 aromatic heterocycles. The zero-order chi connectivity index (χ0) is 11.6. The van der Waals surface area contributed by atoms with Crippen LogP contribution in [-0.2, 0) is 10.8 Å². The first-order chi connectivity index (χ1) is 6.93. The average Bonchev–Trinajstić information content (AvgIpc) is 2.16. The molecule has 0 aliphatic heterocycles. The van der Waals surface area contributed by atoms with Gasteiger partial charge in [0.15, 0.2) is 0 Å². The fraction of sp³-hybridized carbons (Fsp3) is 0.364. The second-order valence-electron chi connectivity index (χ2n) is 3.63. The van der Waals surface area contributed by atoms with Crippen molar-refractivity contribution in [1.29, 1.82) is 0 Å². The van der Waals surface area contributed by atoms with Crippen molar-refractivity contribution in [3.05, 3.63) is 29.3 Å². The maximum absolute atomic E-state index is 11.7. The first-order valence-electron chi connectivity index (χ1n) is 4.68. The Balaban J connectivity index is 3.19. The van der Waals surface area contributed by atoms with E-state index in [1.54, 1.807) is 19.1 Å². The number of hydrogen-bond donors (Lipinski definition) is 1. The first-order valence-corrected chi connectivity index (χ1v) is 5.89. The van der Waals surface area contributed by atoms with Crippen molar-refractivity contribution in [3.63, 3.8) is 0 Å². The van der Waals surface area contributed by atoms with Crippen LogP contribution >= 0.6 is 0 Å². The Morgan fingerprint density at radius 3 is 2.47 bits per heavy atom. The van der Waals surface area contributed by atoms with Gasteiger partial charge in [-0.05, 0) is 24.6 Å². The highest BCUT2D eigenvalue weighted by Gasteiger charge is 2.13. The molecule has 1 N–H and O–H groups in total. The first kappa shape index (κ1) is 11.9. The van der Waals surface area contributed by atoms with E-state index < -0.39 is 16.8 Å². The Kier molecular flexibility index (Phi) is 3.63. The van der Waals surface area contributed by atoms with Crippen molar-refractivity contribution < 1.29 is 14.1 Å². The van der Waals surface area contributed by atoms with Crippen LogP contribution in [0.1, 0.15) is 29.8 Å². The molecule has 0 fully saturated rings. The molecule has 0 radical (unpaired) electrons. The average molecular weight is 226 g/mol. The van der Waals surface area contributed by atoms with E-state index in [-0.39, 0.29) is 10.8 Å². The lowest BCUT2D eigenvalue weighted by Crippen LogP contribution is -2.08. The highest BCUT2D eigenvalue weighted by Crippen LogP contribution is 2.16. The van der Waals surface area contributed by atoms with Crippen LogP contribution in [0.2, 0.25) is 0 Å². The van der Waals surface area contributed by atoms with Crippen molar-refractivity contribution in [2.45, 2.75) is 30.9 Å². The number of carbonyl (C=O) groups is 1. The van der Waals surface area contributed by atoms with Crippen LogP contribution in [0.25, 0.3) is 0 Å². The van der Waals surface area contributed by atoms with Crippen molar-refractivity contribution in [2.24, 2.45) is 0 Å². The predicted molar refractivity (Wildman–Crippen MR) is 59.7 cm³/mol. The zero-order valence-corrected chi connectivity index (χ0v) is 9.80. The molecular formula is C11H14O3S. The zero-order valence-electron chi connectivity index (χ0n) is 8.98. The van der Waals surface area contributed by atoms with Crippen LogP contribution in [-0.4, -0.2) is 20.5 Å². The highest BCUT2D eigenvalue weighted by atomic mass is 32.2. The van der Waals surface area contributed by atoms with Crippen LogP contribution in [0.4, 0.5) is 0 Å². The van der Waals surface area contributed by atoms with E-state index >= 15 is 0 Å². The summed E-state index contributed by atoms with van der Waals surface area (Å²) < 4.78 is 11.7. The Morgan fingerprint density at radius 1 is 1.40 bits per heavy atom. The minimum atomic E-state index is -1.13. The van der Waals surface area contributed by atoms with Crippen molar-refractivity contribution in [1.82, 2.24) is 0 Å².